The summed E-state index contributed by atoms with van der Waals surface area (Å²) in [5.74, 6) is -1.21. The van der Waals surface area contributed by atoms with Gasteiger partial charge in [0.05, 0.1) is 0 Å². The van der Waals surface area contributed by atoms with E-state index in [0.717, 1.165) is 11.3 Å². The predicted molar refractivity (Wildman–Crippen MR) is 70.7 cm³/mol. The fraction of sp³-hybridized carbons (Fsp3) is 0.545. The molecule has 1 aromatic heterocycles. The maximum absolute atomic E-state index is 12.2. The minimum atomic E-state index is -3.77. The quantitative estimate of drug-likeness (QED) is 0.841. The molecule has 7 heteroatoms. The van der Waals surface area contributed by atoms with Crippen LogP contribution in [0.1, 0.15) is 41.9 Å². The summed E-state index contributed by atoms with van der Waals surface area (Å²) in [4.78, 5) is 10.8. The molecule has 5 nitrogen and oxygen atoms in total. The number of aryl methyl sites for hydroxylation is 1. The van der Waals surface area contributed by atoms with Crippen molar-refractivity contribution in [1.82, 2.24) is 4.72 Å². The highest BCUT2D eigenvalue weighted by Crippen LogP contribution is 2.27. The van der Waals surface area contributed by atoms with E-state index in [1.807, 2.05) is 13.8 Å². The van der Waals surface area contributed by atoms with Gasteiger partial charge < -0.3 is 5.11 Å². The Morgan fingerprint density at radius 3 is 2.44 bits per heavy atom. The number of thiophene rings is 1. The standard InChI is InChI=1S/C11H17NO4S2/c1-4-8(5-2)12-18(15,16)10-7(3)6-17-9(10)11(13)14/h6,8,12H,4-5H2,1-3H3,(H,13,14). The summed E-state index contributed by atoms with van der Waals surface area (Å²) in [6.45, 7) is 5.37. The van der Waals surface area contributed by atoms with E-state index in [4.69, 9.17) is 5.11 Å². The van der Waals surface area contributed by atoms with Crippen LogP contribution >= 0.6 is 11.3 Å². The number of aromatic carboxylic acids is 1. The Hall–Kier alpha value is -0.920. The zero-order valence-corrected chi connectivity index (χ0v) is 12.2. The number of sulfonamides is 1. The summed E-state index contributed by atoms with van der Waals surface area (Å²) in [6, 6.07) is -0.170. The van der Waals surface area contributed by atoms with Gasteiger partial charge in [-0.1, -0.05) is 13.8 Å². The SMILES string of the molecule is CCC(CC)NS(=O)(=O)c1c(C)csc1C(=O)O. The van der Waals surface area contributed by atoms with Gasteiger partial charge in [0.2, 0.25) is 10.0 Å². The number of carboxylic acids is 1. The third-order valence-corrected chi connectivity index (χ3v) is 5.61. The molecule has 0 aliphatic rings. The lowest BCUT2D eigenvalue weighted by Gasteiger charge is -2.15. The smallest absolute Gasteiger partial charge is 0.347 e. The Labute approximate surface area is 111 Å². The van der Waals surface area contributed by atoms with Gasteiger partial charge in [-0.15, -0.1) is 11.3 Å². The highest BCUT2D eigenvalue weighted by Gasteiger charge is 2.28. The average Bonchev–Trinajstić information content (AvgIpc) is 2.69. The first kappa shape index (κ1) is 15.1. The molecular formula is C11H17NO4S2. The van der Waals surface area contributed by atoms with Crippen LogP contribution in [0.4, 0.5) is 0 Å². The fourth-order valence-electron chi connectivity index (χ4n) is 1.65. The van der Waals surface area contributed by atoms with Gasteiger partial charge in [-0.05, 0) is 30.7 Å². The Morgan fingerprint density at radius 1 is 1.44 bits per heavy atom. The molecule has 1 rings (SSSR count). The van der Waals surface area contributed by atoms with Crippen LogP contribution in [0.2, 0.25) is 0 Å². The maximum Gasteiger partial charge on any atom is 0.347 e. The Balaban J connectivity index is 3.20. The molecule has 1 aromatic rings. The lowest BCUT2D eigenvalue weighted by atomic mass is 10.2. The lowest BCUT2D eigenvalue weighted by molar-refractivity contribution is 0.0698. The van der Waals surface area contributed by atoms with E-state index < -0.39 is 16.0 Å². The van der Waals surface area contributed by atoms with Gasteiger partial charge >= 0.3 is 5.97 Å². The molecule has 0 spiro atoms. The second-order valence-corrected chi connectivity index (χ2v) is 6.55. The van der Waals surface area contributed by atoms with Crippen molar-refractivity contribution < 1.29 is 18.3 Å². The molecule has 0 unspecified atom stereocenters. The van der Waals surface area contributed by atoms with Crippen LogP contribution < -0.4 is 4.72 Å². The van der Waals surface area contributed by atoms with Crippen molar-refractivity contribution in [3.8, 4) is 0 Å². The van der Waals surface area contributed by atoms with Gasteiger partial charge in [-0.2, -0.15) is 0 Å². The van der Waals surface area contributed by atoms with Crippen molar-refractivity contribution in [2.45, 2.75) is 44.6 Å². The predicted octanol–water partition coefficient (Wildman–Crippen LogP) is 2.22. The first-order valence-electron chi connectivity index (χ1n) is 5.67. The number of carbonyl (C=O) groups is 1. The zero-order valence-electron chi connectivity index (χ0n) is 10.6. The summed E-state index contributed by atoms with van der Waals surface area (Å²) < 4.78 is 26.9. The second-order valence-electron chi connectivity index (χ2n) is 4.02. The summed E-state index contributed by atoms with van der Waals surface area (Å²) in [6.07, 6.45) is 1.34. The molecule has 1 heterocycles. The summed E-state index contributed by atoms with van der Waals surface area (Å²) in [5, 5.41) is 10.6. The number of rotatable bonds is 6. The van der Waals surface area contributed by atoms with Crippen molar-refractivity contribution in [3.05, 3.63) is 15.8 Å². The van der Waals surface area contributed by atoms with Crippen LogP contribution in [0.3, 0.4) is 0 Å². The molecule has 0 saturated carbocycles. The van der Waals surface area contributed by atoms with Crippen molar-refractivity contribution >= 4 is 27.3 Å². The van der Waals surface area contributed by atoms with Gasteiger partial charge in [0.15, 0.2) is 0 Å². The molecule has 0 aliphatic carbocycles. The van der Waals surface area contributed by atoms with E-state index in [0.29, 0.717) is 18.4 Å². The van der Waals surface area contributed by atoms with Gasteiger partial charge in [-0.3, -0.25) is 0 Å². The van der Waals surface area contributed by atoms with Gasteiger partial charge in [0.1, 0.15) is 9.77 Å². The van der Waals surface area contributed by atoms with Crippen LogP contribution in [0, 0.1) is 6.92 Å². The molecular weight excluding hydrogens is 274 g/mol. The van der Waals surface area contributed by atoms with Crippen LogP contribution in [0.25, 0.3) is 0 Å². The summed E-state index contributed by atoms with van der Waals surface area (Å²) >= 11 is 0.935. The molecule has 2 N–H and O–H groups in total. The van der Waals surface area contributed by atoms with Crippen LogP contribution in [0.5, 0.6) is 0 Å². The zero-order chi connectivity index (χ0) is 13.9. The van der Waals surface area contributed by atoms with E-state index >= 15 is 0 Å². The van der Waals surface area contributed by atoms with Crippen LogP contribution in [-0.2, 0) is 10.0 Å². The first-order chi connectivity index (χ1) is 8.33. The molecule has 0 atom stereocenters. The minimum Gasteiger partial charge on any atom is -0.477 e. The third-order valence-electron chi connectivity index (χ3n) is 2.69. The van der Waals surface area contributed by atoms with E-state index in [1.165, 1.54) is 0 Å². The molecule has 0 saturated heterocycles. The monoisotopic (exact) mass is 291 g/mol. The third kappa shape index (κ3) is 3.09. The molecule has 0 aliphatic heterocycles. The average molecular weight is 291 g/mol. The van der Waals surface area contributed by atoms with Gasteiger partial charge in [0, 0.05) is 6.04 Å². The lowest BCUT2D eigenvalue weighted by Crippen LogP contribution is -2.34. The van der Waals surface area contributed by atoms with Gasteiger partial charge in [0.25, 0.3) is 0 Å². The Bertz CT molecular complexity index is 529. The number of hydrogen-bond acceptors (Lipinski definition) is 4. The van der Waals surface area contributed by atoms with E-state index in [2.05, 4.69) is 4.72 Å². The number of nitrogens with one attached hydrogen (secondary N) is 1. The molecule has 0 radical (unpaired) electrons. The van der Waals surface area contributed by atoms with E-state index in [-0.39, 0.29) is 15.8 Å². The largest absolute Gasteiger partial charge is 0.477 e. The Morgan fingerprint density at radius 2 is 2.00 bits per heavy atom. The van der Waals surface area contributed by atoms with Crippen molar-refractivity contribution in [1.29, 1.82) is 0 Å². The maximum atomic E-state index is 12.2. The fourth-order valence-corrected chi connectivity index (χ4v) is 4.68. The summed E-state index contributed by atoms with van der Waals surface area (Å²) in [7, 11) is -3.77. The second kappa shape index (κ2) is 5.81. The highest BCUT2D eigenvalue weighted by atomic mass is 32.2. The van der Waals surface area contributed by atoms with Crippen molar-refractivity contribution in [2.24, 2.45) is 0 Å². The highest BCUT2D eigenvalue weighted by molar-refractivity contribution is 7.89. The number of carboxylic acid groups (broad SMARTS) is 1. The normalized spacial score (nSPS) is 12.0. The van der Waals surface area contributed by atoms with Crippen LogP contribution in [0.15, 0.2) is 10.3 Å². The van der Waals surface area contributed by atoms with E-state index in [9.17, 15) is 13.2 Å². The van der Waals surface area contributed by atoms with Crippen molar-refractivity contribution in [2.75, 3.05) is 0 Å². The molecule has 0 bridgehead atoms. The molecule has 0 amide bonds. The first-order valence-corrected chi connectivity index (χ1v) is 8.03. The Kier molecular flexibility index (Phi) is 4.89. The van der Waals surface area contributed by atoms with E-state index in [1.54, 1.807) is 12.3 Å². The minimum absolute atomic E-state index is 0.105. The van der Waals surface area contributed by atoms with Crippen molar-refractivity contribution in [3.63, 3.8) is 0 Å². The molecule has 102 valence electrons. The van der Waals surface area contributed by atoms with Crippen LogP contribution in [-0.4, -0.2) is 25.5 Å². The molecule has 0 fully saturated rings. The molecule has 18 heavy (non-hydrogen) atoms. The number of hydrogen-bond donors (Lipinski definition) is 2. The molecule has 0 aromatic carbocycles. The summed E-state index contributed by atoms with van der Waals surface area (Å²) in [5.41, 5.74) is 0.468. The topological polar surface area (TPSA) is 83.5 Å². The van der Waals surface area contributed by atoms with Gasteiger partial charge in [-0.25, -0.2) is 17.9 Å².